The van der Waals surface area contributed by atoms with Crippen molar-refractivity contribution in [3.05, 3.63) is 40.7 Å². The van der Waals surface area contributed by atoms with E-state index in [1.807, 2.05) is 20.8 Å². The fraction of sp³-hybridized carbons (Fsp3) is 0.364. The molecule has 32 heavy (non-hydrogen) atoms. The Bertz CT molecular complexity index is 1290. The first-order valence-corrected chi connectivity index (χ1v) is 12.9. The molecule has 0 aliphatic rings. The first-order chi connectivity index (χ1) is 15.2. The topological polar surface area (TPSA) is 96.2 Å². The van der Waals surface area contributed by atoms with Crippen molar-refractivity contribution in [1.29, 1.82) is 0 Å². The summed E-state index contributed by atoms with van der Waals surface area (Å²) in [7, 11) is -1.55. The SMILES string of the molecule is CCOc1cc(C(=O)N=c2sc3cc(S(C)(=O)=O)ccc3n2C)cc(OCC)c1OCC. The monoisotopic (exact) mass is 478 g/mol. The van der Waals surface area contributed by atoms with Gasteiger partial charge in [-0.15, -0.1) is 0 Å². The lowest BCUT2D eigenvalue weighted by Gasteiger charge is -2.16. The van der Waals surface area contributed by atoms with Gasteiger partial charge in [0.2, 0.25) is 5.75 Å². The van der Waals surface area contributed by atoms with Gasteiger partial charge in [-0.05, 0) is 51.1 Å². The van der Waals surface area contributed by atoms with Crippen LogP contribution < -0.4 is 19.0 Å². The molecule has 10 heteroatoms. The molecule has 0 atom stereocenters. The Morgan fingerprint density at radius 1 is 1.00 bits per heavy atom. The number of thiazole rings is 1. The fourth-order valence-corrected chi connectivity index (χ4v) is 4.89. The molecule has 0 saturated carbocycles. The number of hydrogen-bond donors (Lipinski definition) is 0. The molecule has 1 amide bonds. The van der Waals surface area contributed by atoms with Crippen LogP contribution in [0.5, 0.6) is 17.2 Å². The van der Waals surface area contributed by atoms with Crippen molar-refractivity contribution >= 4 is 37.3 Å². The normalized spacial score (nSPS) is 12.2. The summed E-state index contributed by atoms with van der Waals surface area (Å²) >= 11 is 1.24. The minimum atomic E-state index is -3.33. The molecule has 0 fully saturated rings. The van der Waals surface area contributed by atoms with Crippen molar-refractivity contribution < 1.29 is 27.4 Å². The highest BCUT2D eigenvalue weighted by Crippen LogP contribution is 2.39. The summed E-state index contributed by atoms with van der Waals surface area (Å²) in [6.07, 6.45) is 1.16. The summed E-state index contributed by atoms with van der Waals surface area (Å²) in [5, 5.41) is 0. The number of rotatable bonds is 8. The highest BCUT2D eigenvalue weighted by atomic mass is 32.2. The van der Waals surface area contributed by atoms with Crippen molar-refractivity contribution in [2.75, 3.05) is 26.1 Å². The molecule has 0 saturated heterocycles. The van der Waals surface area contributed by atoms with Crippen molar-refractivity contribution in [2.24, 2.45) is 12.0 Å². The number of ether oxygens (including phenoxy) is 3. The summed E-state index contributed by atoms with van der Waals surface area (Å²) in [6.45, 7) is 6.76. The Labute approximate surface area is 191 Å². The second-order valence-electron chi connectivity index (χ2n) is 6.86. The van der Waals surface area contributed by atoms with Crippen LogP contribution in [0.15, 0.2) is 40.2 Å². The Morgan fingerprint density at radius 2 is 1.59 bits per heavy atom. The maximum atomic E-state index is 13.0. The third-order valence-corrected chi connectivity index (χ3v) is 6.77. The summed E-state index contributed by atoms with van der Waals surface area (Å²) in [6, 6.07) is 8.04. The molecule has 0 aliphatic heterocycles. The average Bonchev–Trinajstić information content (AvgIpc) is 3.04. The molecule has 0 unspecified atom stereocenters. The number of fused-ring (bicyclic) bond motifs is 1. The quantitative estimate of drug-likeness (QED) is 0.491. The molecular formula is C22H26N2O6S2. The Hall–Kier alpha value is -2.85. The van der Waals surface area contributed by atoms with Crippen LogP contribution in [0.1, 0.15) is 31.1 Å². The molecule has 0 spiro atoms. The fourth-order valence-electron chi connectivity index (χ4n) is 3.12. The minimum absolute atomic E-state index is 0.221. The number of sulfone groups is 1. The van der Waals surface area contributed by atoms with Crippen LogP contribution in [0.2, 0.25) is 0 Å². The van der Waals surface area contributed by atoms with Crippen LogP contribution in [0.3, 0.4) is 0 Å². The summed E-state index contributed by atoms with van der Waals surface area (Å²) < 4.78 is 43.2. The van der Waals surface area contributed by atoms with E-state index in [2.05, 4.69) is 4.99 Å². The molecule has 8 nitrogen and oxygen atoms in total. The Balaban J connectivity index is 2.10. The summed E-state index contributed by atoms with van der Waals surface area (Å²) in [4.78, 5) is 18.0. The second kappa shape index (κ2) is 9.74. The number of aromatic nitrogens is 1. The second-order valence-corrected chi connectivity index (χ2v) is 9.89. The van der Waals surface area contributed by atoms with E-state index >= 15 is 0 Å². The van der Waals surface area contributed by atoms with Gasteiger partial charge in [-0.25, -0.2) is 8.42 Å². The van der Waals surface area contributed by atoms with Gasteiger partial charge in [0, 0.05) is 18.9 Å². The van der Waals surface area contributed by atoms with Gasteiger partial charge < -0.3 is 18.8 Å². The maximum absolute atomic E-state index is 13.0. The Kier molecular flexibility index (Phi) is 7.25. The van der Waals surface area contributed by atoms with Crippen molar-refractivity contribution in [1.82, 2.24) is 4.57 Å². The lowest BCUT2D eigenvalue weighted by Crippen LogP contribution is -2.13. The van der Waals surface area contributed by atoms with Crippen LogP contribution in [-0.4, -0.2) is 45.0 Å². The van der Waals surface area contributed by atoms with E-state index in [4.69, 9.17) is 14.2 Å². The first-order valence-electron chi connectivity index (χ1n) is 10.1. The zero-order valence-electron chi connectivity index (χ0n) is 18.7. The van der Waals surface area contributed by atoms with Gasteiger partial charge in [-0.2, -0.15) is 4.99 Å². The van der Waals surface area contributed by atoms with Crippen molar-refractivity contribution in [2.45, 2.75) is 25.7 Å². The molecule has 0 radical (unpaired) electrons. The molecule has 3 aromatic rings. The molecule has 0 aliphatic carbocycles. The number of carbonyl (C=O) groups is 1. The molecule has 1 heterocycles. The van der Waals surface area contributed by atoms with Crippen LogP contribution in [-0.2, 0) is 16.9 Å². The van der Waals surface area contributed by atoms with E-state index in [1.54, 1.807) is 41.9 Å². The molecule has 3 rings (SSSR count). The minimum Gasteiger partial charge on any atom is -0.490 e. The maximum Gasteiger partial charge on any atom is 0.279 e. The van der Waals surface area contributed by atoms with E-state index in [9.17, 15) is 13.2 Å². The van der Waals surface area contributed by atoms with Crippen LogP contribution in [0.4, 0.5) is 0 Å². The highest BCUT2D eigenvalue weighted by molar-refractivity contribution is 7.90. The van der Waals surface area contributed by atoms with Gasteiger partial charge in [0.1, 0.15) is 0 Å². The standard InChI is InChI=1S/C22H26N2O6S2/c1-6-28-17-11-14(12-18(29-7-2)20(17)30-8-3)21(25)23-22-24(4)16-10-9-15(32(5,26)27)13-19(16)31-22/h9-13H,6-8H2,1-5H3. The third kappa shape index (κ3) is 4.97. The van der Waals surface area contributed by atoms with Gasteiger partial charge in [0.05, 0.1) is 34.9 Å². The lowest BCUT2D eigenvalue weighted by atomic mass is 10.1. The van der Waals surface area contributed by atoms with Gasteiger partial charge >= 0.3 is 0 Å². The summed E-state index contributed by atoms with van der Waals surface area (Å²) in [5.41, 5.74) is 1.08. The largest absolute Gasteiger partial charge is 0.490 e. The molecule has 0 N–H and O–H groups in total. The van der Waals surface area contributed by atoms with Gasteiger partial charge in [-0.3, -0.25) is 4.79 Å². The average molecular weight is 479 g/mol. The predicted octanol–water partition coefficient (Wildman–Crippen LogP) is 3.58. The van der Waals surface area contributed by atoms with Crippen molar-refractivity contribution in [3.63, 3.8) is 0 Å². The van der Waals surface area contributed by atoms with Crippen LogP contribution >= 0.6 is 11.3 Å². The number of carbonyl (C=O) groups excluding carboxylic acids is 1. The lowest BCUT2D eigenvalue weighted by molar-refractivity contribution is 0.0996. The van der Waals surface area contributed by atoms with Crippen molar-refractivity contribution in [3.8, 4) is 17.2 Å². The van der Waals surface area contributed by atoms with Gasteiger partial charge in [-0.1, -0.05) is 11.3 Å². The summed E-state index contributed by atoms with van der Waals surface area (Å²) in [5.74, 6) is 0.809. The zero-order valence-corrected chi connectivity index (χ0v) is 20.3. The predicted molar refractivity (Wildman–Crippen MR) is 124 cm³/mol. The number of amides is 1. The molecule has 0 bridgehead atoms. The molecule has 172 valence electrons. The molecule has 1 aromatic heterocycles. The zero-order chi connectivity index (χ0) is 23.5. The van der Waals surface area contributed by atoms with Gasteiger partial charge in [0.15, 0.2) is 26.1 Å². The van der Waals surface area contributed by atoms with Crippen LogP contribution in [0, 0.1) is 0 Å². The van der Waals surface area contributed by atoms with Crippen LogP contribution in [0.25, 0.3) is 10.2 Å². The molecular weight excluding hydrogens is 452 g/mol. The van der Waals surface area contributed by atoms with E-state index in [0.717, 1.165) is 16.5 Å². The van der Waals surface area contributed by atoms with E-state index in [0.29, 0.717) is 47.4 Å². The Morgan fingerprint density at radius 3 is 2.12 bits per heavy atom. The number of hydrogen-bond acceptors (Lipinski definition) is 7. The number of nitrogens with zero attached hydrogens (tertiary/aromatic N) is 2. The third-order valence-electron chi connectivity index (χ3n) is 4.56. The smallest absolute Gasteiger partial charge is 0.279 e. The number of aryl methyl sites for hydroxylation is 1. The van der Waals surface area contributed by atoms with E-state index < -0.39 is 15.7 Å². The number of benzene rings is 2. The first kappa shape index (κ1) is 23.8. The van der Waals surface area contributed by atoms with E-state index in [-0.39, 0.29) is 4.90 Å². The highest BCUT2D eigenvalue weighted by Gasteiger charge is 2.19. The van der Waals surface area contributed by atoms with E-state index in [1.165, 1.54) is 11.3 Å². The molecule has 2 aromatic carbocycles. The van der Waals surface area contributed by atoms with Gasteiger partial charge in [0.25, 0.3) is 5.91 Å².